The third kappa shape index (κ3) is 1.85. The van der Waals surface area contributed by atoms with Crippen molar-refractivity contribution in [3.8, 4) is 0 Å². The lowest BCUT2D eigenvalue weighted by Gasteiger charge is -2.44. The van der Waals surface area contributed by atoms with E-state index in [0.29, 0.717) is 0 Å². The quantitative estimate of drug-likeness (QED) is 0.572. The second-order valence-electron chi connectivity index (χ2n) is 5.79. The molecule has 118 valence electrons. The van der Waals surface area contributed by atoms with Crippen molar-refractivity contribution in [2.45, 2.75) is 23.9 Å². The van der Waals surface area contributed by atoms with Gasteiger partial charge in [0.1, 0.15) is 0 Å². The second-order valence-corrected chi connectivity index (χ2v) is 5.79. The summed E-state index contributed by atoms with van der Waals surface area (Å²) >= 11 is 0. The van der Waals surface area contributed by atoms with Gasteiger partial charge in [-0.15, -0.1) is 0 Å². The molecule has 1 aromatic rings. The van der Waals surface area contributed by atoms with Crippen molar-refractivity contribution >= 4 is 5.97 Å². The maximum Gasteiger partial charge on any atom is 0.317 e. The number of carbonyl (C=O) groups is 1. The number of rotatable bonds is 4. The zero-order valence-electron chi connectivity index (χ0n) is 11.3. The van der Waals surface area contributed by atoms with Crippen molar-refractivity contribution in [2.75, 3.05) is 19.6 Å². The maximum absolute atomic E-state index is 11.7. The number of hydrogen-bond donors (Lipinski definition) is 1. The third-order valence-electron chi connectivity index (χ3n) is 4.28. The molecule has 1 N–H and O–H groups in total. The number of fused-ring (bicyclic) bond motifs is 4. The molecule has 0 aromatic carbocycles. The Morgan fingerprint density at radius 1 is 1.41 bits per heavy atom. The summed E-state index contributed by atoms with van der Waals surface area (Å²) in [5, 5.41) is 32.1. The van der Waals surface area contributed by atoms with Gasteiger partial charge in [0.25, 0.3) is 5.54 Å². The Hall–Kier alpha value is -2.56. The van der Waals surface area contributed by atoms with Gasteiger partial charge < -0.3 is 9.52 Å². The molecular weight excluding hydrogens is 300 g/mol. The van der Waals surface area contributed by atoms with Crippen molar-refractivity contribution in [1.82, 2.24) is 9.88 Å². The number of hydrogen-bond acceptors (Lipinski definition) is 8. The summed E-state index contributed by atoms with van der Waals surface area (Å²) in [4.78, 5) is 38.1. The zero-order valence-corrected chi connectivity index (χ0v) is 11.3. The number of nitrogens with zero attached hydrogens (tertiary/aromatic N) is 4. The van der Waals surface area contributed by atoms with E-state index < -0.39 is 33.4 Å². The third-order valence-corrected chi connectivity index (χ3v) is 4.28. The molecule has 1 saturated heterocycles. The topological polar surface area (TPSA) is 153 Å². The molecule has 0 spiro atoms. The predicted octanol–water partition coefficient (Wildman–Crippen LogP) is -0.492. The van der Waals surface area contributed by atoms with Crippen LogP contribution in [0.15, 0.2) is 10.8 Å². The predicted molar refractivity (Wildman–Crippen MR) is 67.3 cm³/mol. The van der Waals surface area contributed by atoms with Gasteiger partial charge in [-0.2, -0.15) is 0 Å². The highest BCUT2D eigenvalue weighted by Gasteiger charge is 2.69. The molecular formula is C11H12N4O7. The van der Waals surface area contributed by atoms with E-state index in [1.54, 1.807) is 0 Å². The maximum atomic E-state index is 11.7. The lowest BCUT2D eigenvalue weighted by atomic mass is 9.69. The minimum Gasteiger partial charge on any atom is -0.480 e. The van der Waals surface area contributed by atoms with Crippen LogP contribution in [0, 0.1) is 20.2 Å². The van der Waals surface area contributed by atoms with Crippen LogP contribution in [0.5, 0.6) is 0 Å². The van der Waals surface area contributed by atoms with Gasteiger partial charge in [-0.05, 0) is 0 Å². The summed E-state index contributed by atoms with van der Waals surface area (Å²) in [5.74, 6) is -1.21. The van der Waals surface area contributed by atoms with Crippen LogP contribution in [0.3, 0.4) is 0 Å². The number of aliphatic carboxylic acids is 1. The zero-order chi connectivity index (χ0) is 16.1. The summed E-state index contributed by atoms with van der Waals surface area (Å²) in [5.41, 5.74) is -3.27. The van der Waals surface area contributed by atoms with Crippen LogP contribution in [-0.4, -0.2) is 56.0 Å². The first-order chi connectivity index (χ1) is 10.3. The van der Waals surface area contributed by atoms with E-state index in [2.05, 4.69) is 4.98 Å². The Bertz CT molecular complexity index is 673. The molecule has 2 unspecified atom stereocenters. The molecule has 1 aliphatic heterocycles. The average molecular weight is 312 g/mol. The van der Waals surface area contributed by atoms with Crippen molar-refractivity contribution < 1.29 is 24.2 Å². The first kappa shape index (κ1) is 14.4. The van der Waals surface area contributed by atoms with Crippen molar-refractivity contribution in [3.05, 3.63) is 38.1 Å². The van der Waals surface area contributed by atoms with E-state index in [1.807, 2.05) is 0 Å². The fourth-order valence-corrected chi connectivity index (χ4v) is 3.55. The van der Waals surface area contributed by atoms with Crippen molar-refractivity contribution in [3.63, 3.8) is 0 Å². The van der Waals surface area contributed by atoms with Crippen molar-refractivity contribution in [1.29, 1.82) is 0 Å². The molecule has 1 aromatic heterocycles. The molecule has 2 bridgehead atoms. The van der Waals surface area contributed by atoms with Gasteiger partial charge in [-0.25, -0.2) is 4.98 Å². The van der Waals surface area contributed by atoms with E-state index in [-0.39, 0.29) is 37.4 Å². The van der Waals surface area contributed by atoms with Gasteiger partial charge in [-0.3, -0.25) is 29.9 Å². The number of oxazole rings is 1. The van der Waals surface area contributed by atoms with Crippen LogP contribution < -0.4 is 0 Å². The smallest absolute Gasteiger partial charge is 0.317 e. The fourth-order valence-electron chi connectivity index (χ4n) is 3.55. The van der Waals surface area contributed by atoms with E-state index >= 15 is 0 Å². The lowest BCUT2D eigenvalue weighted by Crippen LogP contribution is -2.67. The van der Waals surface area contributed by atoms with E-state index in [9.17, 15) is 25.0 Å². The molecule has 1 fully saturated rings. The Morgan fingerprint density at radius 3 is 2.73 bits per heavy atom. The molecule has 0 saturated carbocycles. The van der Waals surface area contributed by atoms with E-state index in [4.69, 9.17) is 9.52 Å². The first-order valence-electron chi connectivity index (χ1n) is 6.45. The number of carboxylic acid groups (broad SMARTS) is 1. The molecule has 2 aliphatic rings. The summed E-state index contributed by atoms with van der Waals surface area (Å²) in [6, 6.07) is 0. The summed E-state index contributed by atoms with van der Waals surface area (Å²) in [6.45, 7) is -0.938. The molecule has 22 heavy (non-hydrogen) atoms. The van der Waals surface area contributed by atoms with Gasteiger partial charge in [-0.1, -0.05) is 0 Å². The van der Waals surface area contributed by atoms with Crippen LogP contribution in [-0.2, 0) is 16.8 Å². The number of piperidine rings is 1. The SMILES string of the molecule is O=C(O)CN1CC2([N+](=O)[O-])Cc3ncoc3C([N+](=O)[O-])(C1)C2. The monoisotopic (exact) mass is 312 g/mol. The van der Waals surface area contributed by atoms with Crippen LogP contribution >= 0.6 is 0 Å². The summed E-state index contributed by atoms with van der Waals surface area (Å²) in [7, 11) is 0. The van der Waals surface area contributed by atoms with Gasteiger partial charge >= 0.3 is 5.97 Å². The average Bonchev–Trinajstić information content (AvgIpc) is 2.85. The molecule has 0 radical (unpaired) electrons. The number of aromatic nitrogens is 1. The Morgan fingerprint density at radius 2 is 2.14 bits per heavy atom. The molecule has 3 rings (SSSR count). The summed E-state index contributed by atoms with van der Waals surface area (Å²) < 4.78 is 5.13. The van der Waals surface area contributed by atoms with Crippen LogP contribution in [0.2, 0.25) is 0 Å². The first-order valence-corrected chi connectivity index (χ1v) is 6.45. The fraction of sp³-hybridized carbons (Fsp3) is 0.636. The minimum atomic E-state index is -1.84. The molecule has 11 heteroatoms. The lowest BCUT2D eigenvalue weighted by molar-refractivity contribution is -0.637. The van der Waals surface area contributed by atoms with E-state index in [1.165, 1.54) is 4.90 Å². The molecule has 0 amide bonds. The normalized spacial score (nSPS) is 30.5. The van der Waals surface area contributed by atoms with Crippen LogP contribution in [0.25, 0.3) is 0 Å². The second kappa shape index (κ2) is 4.47. The van der Waals surface area contributed by atoms with Crippen molar-refractivity contribution in [2.24, 2.45) is 0 Å². The highest BCUT2D eigenvalue weighted by Crippen LogP contribution is 2.47. The van der Waals surface area contributed by atoms with Gasteiger partial charge in [0.05, 0.1) is 38.2 Å². The standard InChI is InChI=1S/C11H12N4O7/c16-8(17)2-13-4-10(14(18)19)1-7-9(22-6-12-7)11(3-10,5-13)15(20)21/h6H,1-5H2,(H,16,17). The number of carboxylic acids is 1. The Kier molecular flexibility index (Phi) is 2.92. The minimum absolute atomic E-state index is 0.00920. The van der Waals surface area contributed by atoms with E-state index in [0.717, 1.165) is 6.39 Å². The van der Waals surface area contributed by atoms with Gasteiger partial charge in [0, 0.05) is 9.85 Å². The van der Waals surface area contributed by atoms with Gasteiger partial charge in [0.15, 0.2) is 6.39 Å². The Balaban J connectivity index is 2.14. The summed E-state index contributed by atoms with van der Waals surface area (Å²) in [6.07, 6.45) is 0.585. The van der Waals surface area contributed by atoms with Crippen LogP contribution in [0.1, 0.15) is 17.9 Å². The van der Waals surface area contributed by atoms with Gasteiger partial charge in [0.2, 0.25) is 11.3 Å². The number of nitro groups is 2. The van der Waals surface area contributed by atoms with Crippen LogP contribution in [0.4, 0.5) is 0 Å². The molecule has 2 heterocycles. The highest BCUT2D eigenvalue weighted by atomic mass is 16.6. The Labute approximate surface area is 122 Å². The highest BCUT2D eigenvalue weighted by molar-refractivity contribution is 5.69. The molecule has 2 atom stereocenters. The largest absolute Gasteiger partial charge is 0.480 e. The molecule has 1 aliphatic carbocycles. The molecule has 11 nitrogen and oxygen atoms in total. The number of likely N-dealkylation sites (tertiary alicyclic amines) is 1.